The van der Waals surface area contributed by atoms with Crippen molar-refractivity contribution in [2.45, 2.75) is 57.6 Å². The molecule has 29 heavy (non-hydrogen) atoms. The third kappa shape index (κ3) is 3.41. The van der Waals surface area contributed by atoms with Crippen molar-refractivity contribution in [3.63, 3.8) is 0 Å². The van der Waals surface area contributed by atoms with Gasteiger partial charge in [-0.1, -0.05) is 25.8 Å². The topological polar surface area (TPSA) is 67.6 Å². The Morgan fingerprint density at radius 1 is 1.24 bits per heavy atom. The third-order valence-electron chi connectivity index (χ3n) is 7.62. The van der Waals surface area contributed by atoms with Crippen LogP contribution in [0.25, 0.3) is 11.1 Å². The molecule has 2 heterocycles. The molecule has 2 aliphatic carbocycles. The highest BCUT2D eigenvalue weighted by molar-refractivity contribution is 6.04. The Hall–Kier alpha value is -2.08. The number of nitrogens with zero attached hydrogens (tertiary/aromatic N) is 2. The number of carbonyl (C=O) groups is 1. The van der Waals surface area contributed by atoms with Crippen molar-refractivity contribution < 1.29 is 13.9 Å². The number of hydrogen-bond acceptors (Lipinski definition) is 5. The molecule has 3 fully saturated rings. The number of aromatic nitrogens is 1. The zero-order valence-corrected chi connectivity index (χ0v) is 17.4. The molecule has 0 radical (unpaired) electrons. The summed E-state index contributed by atoms with van der Waals surface area (Å²) < 4.78 is 11.5. The molecule has 2 bridgehead atoms. The molecule has 3 aliphatic rings. The molecule has 1 aliphatic heterocycles. The van der Waals surface area contributed by atoms with Crippen molar-refractivity contribution >= 4 is 23.0 Å². The molecule has 1 saturated heterocycles. The Kier molecular flexibility index (Phi) is 4.98. The lowest BCUT2D eigenvalue weighted by Gasteiger charge is -2.29. The lowest BCUT2D eigenvalue weighted by molar-refractivity contribution is 0.0811. The zero-order valence-electron chi connectivity index (χ0n) is 17.4. The first-order valence-electron chi connectivity index (χ1n) is 11.1. The van der Waals surface area contributed by atoms with E-state index in [2.05, 4.69) is 17.1 Å². The molecule has 156 valence electrons. The number of anilines is 1. The molecule has 2 saturated carbocycles. The first kappa shape index (κ1) is 18.9. The van der Waals surface area contributed by atoms with Gasteiger partial charge in [-0.15, -0.1) is 0 Å². The van der Waals surface area contributed by atoms with Crippen LogP contribution in [0, 0.1) is 17.8 Å². The lowest BCUT2D eigenvalue weighted by Crippen LogP contribution is -2.38. The standard InChI is InChI=1S/C23H31N3O3/c1-14-15-5-3-6-17(14)19(13-15)24-22(27)18-7-4-8-20-21(18)25-23(29-20)26-11-9-16(28-2)10-12-26/h4,7-8,14-17,19H,3,5-6,9-13H2,1-2H3,(H,24,27). The summed E-state index contributed by atoms with van der Waals surface area (Å²) in [6.07, 6.45) is 7.20. The van der Waals surface area contributed by atoms with Crippen LogP contribution >= 0.6 is 0 Å². The molecule has 1 aromatic heterocycles. The first-order valence-corrected chi connectivity index (χ1v) is 11.1. The van der Waals surface area contributed by atoms with Crippen LogP contribution in [0.3, 0.4) is 0 Å². The molecular weight excluding hydrogens is 366 g/mol. The highest BCUT2D eigenvalue weighted by atomic mass is 16.5. The molecule has 4 unspecified atom stereocenters. The molecule has 6 nitrogen and oxygen atoms in total. The van der Waals surface area contributed by atoms with Crippen LogP contribution in [0.4, 0.5) is 6.01 Å². The minimum absolute atomic E-state index is 0.0155. The summed E-state index contributed by atoms with van der Waals surface area (Å²) >= 11 is 0. The minimum atomic E-state index is -0.0155. The van der Waals surface area contributed by atoms with E-state index in [4.69, 9.17) is 14.1 Å². The van der Waals surface area contributed by atoms with E-state index < -0.39 is 0 Å². The van der Waals surface area contributed by atoms with Crippen LogP contribution in [0.1, 0.15) is 55.8 Å². The van der Waals surface area contributed by atoms with Gasteiger partial charge in [-0.05, 0) is 55.6 Å². The van der Waals surface area contributed by atoms with Crippen LogP contribution in [0.15, 0.2) is 22.6 Å². The fourth-order valence-electron chi connectivity index (χ4n) is 5.84. The Balaban J connectivity index is 1.35. The monoisotopic (exact) mass is 397 g/mol. The van der Waals surface area contributed by atoms with Gasteiger partial charge < -0.3 is 19.4 Å². The summed E-state index contributed by atoms with van der Waals surface area (Å²) in [6.45, 7) is 4.07. The second-order valence-electron chi connectivity index (χ2n) is 9.10. The average molecular weight is 398 g/mol. The average Bonchev–Trinajstić information content (AvgIpc) is 3.22. The summed E-state index contributed by atoms with van der Waals surface area (Å²) in [4.78, 5) is 20.0. The molecular formula is C23H31N3O3. The van der Waals surface area contributed by atoms with Crippen molar-refractivity contribution in [3.05, 3.63) is 23.8 Å². The number of ether oxygens (including phenoxy) is 1. The van der Waals surface area contributed by atoms with Gasteiger partial charge in [0.15, 0.2) is 5.58 Å². The maximum Gasteiger partial charge on any atom is 0.298 e. The van der Waals surface area contributed by atoms with Gasteiger partial charge in [0, 0.05) is 26.2 Å². The van der Waals surface area contributed by atoms with Gasteiger partial charge in [-0.3, -0.25) is 4.79 Å². The smallest absolute Gasteiger partial charge is 0.298 e. The fraction of sp³-hybridized carbons (Fsp3) is 0.652. The van der Waals surface area contributed by atoms with Gasteiger partial charge in [-0.2, -0.15) is 4.98 Å². The largest absolute Gasteiger partial charge is 0.423 e. The normalized spacial score (nSPS) is 30.1. The van der Waals surface area contributed by atoms with Crippen LogP contribution in [-0.2, 0) is 4.74 Å². The number of benzene rings is 1. The van der Waals surface area contributed by atoms with E-state index in [1.54, 1.807) is 7.11 Å². The maximum atomic E-state index is 13.2. The lowest BCUT2D eigenvalue weighted by atomic mass is 9.79. The van der Waals surface area contributed by atoms with E-state index in [9.17, 15) is 4.79 Å². The zero-order chi connectivity index (χ0) is 20.0. The summed E-state index contributed by atoms with van der Waals surface area (Å²) in [5, 5.41) is 3.34. The van der Waals surface area contributed by atoms with E-state index in [0.717, 1.165) is 44.2 Å². The predicted octanol–water partition coefficient (Wildman–Crippen LogP) is 4.00. The number of amides is 1. The number of carbonyl (C=O) groups excluding carboxylic acids is 1. The number of oxazole rings is 1. The number of hydrogen-bond donors (Lipinski definition) is 1. The Morgan fingerprint density at radius 2 is 2.07 bits per heavy atom. The molecule has 1 N–H and O–H groups in total. The van der Waals surface area contributed by atoms with Gasteiger partial charge in [0.25, 0.3) is 11.9 Å². The molecule has 6 heteroatoms. The minimum Gasteiger partial charge on any atom is -0.423 e. The quantitative estimate of drug-likeness (QED) is 0.845. The van der Waals surface area contributed by atoms with Crippen LogP contribution < -0.4 is 10.2 Å². The van der Waals surface area contributed by atoms with E-state index in [-0.39, 0.29) is 5.91 Å². The molecule has 0 spiro atoms. The Bertz CT molecular complexity index is 887. The molecule has 1 aromatic carbocycles. The number of fused-ring (bicyclic) bond motifs is 3. The number of para-hydroxylation sites is 1. The van der Waals surface area contributed by atoms with Crippen LogP contribution in [-0.4, -0.2) is 43.2 Å². The molecule has 1 amide bonds. The first-order chi connectivity index (χ1) is 14.1. The summed E-state index contributed by atoms with van der Waals surface area (Å²) in [5.41, 5.74) is 1.97. The molecule has 5 rings (SSSR count). The van der Waals surface area contributed by atoms with Crippen molar-refractivity contribution in [2.24, 2.45) is 17.8 Å². The summed E-state index contributed by atoms with van der Waals surface area (Å²) in [5.74, 6) is 2.09. The van der Waals surface area contributed by atoms with Crippen molar-refractivity contribution in [2.75, 3.05) is 25.1 Å². The summed E-state index contributed by atoms with van der Waals surface area (Å²) in [7, 11) is 1.77. The number of rotatable bonds is 4. The third-order valence-corrected chi connectivity index (χ3v) is 7.62. The van der Waals surface area contributed by atoms with E-state index in [0.29, 0.717) is 40.7 Å². The molecule has 4 atom stereocenters. The van der Waals surface area contributed by atoms with Gasteiger partial charge in [0.2, 0.25) is 0 Å². The van der Waals surface area contributed by atoms with E-state index >= 15 is 0 Å². The van der Waals surface area contributed by atoms with Gasteiger partial charge in [0.05, 0.1) is 11.7 Å². The van der Waals surface area contributed by atoms with Gasteiger partial charge >= 0.3 is 0 Å². The number of methoxy groups -OCH3 is 1. The summed E-state index contributed by atoms with van der Waals surface area (Å²) in [6, 6.07) is 6.56. The fourth-order valence-corrected chi connectivity index (χ4v) is 5.84. The van der Waals surface area contributed by atoms with Crippen molar-refractivity contribution in [1.82, 2.24) is 10.3 Å². The second kappa shape index (κ2) is 7.63. The predicted molar refractivity (Wildman–Crippen MR) is 112 cm³/mol. The van der Waals surface area contributed by atoms with Crippen molar-refractivity contribution in [1.29, 1.82) is 0 Å². The van der Waals surface area contributed by atoms with Gasteiger partial charge in [0.1, 0.15) is 5.52 Å². The van der Waals surface area contributed by atoms with Crippen LogP contribution in [0.2, 0.25) is 0 Å². The second-order valence-corrected chi connectivity index (χ2v) is 9.10. The maximum absolute atomic E-state index is 13.2. The number of piperidine rings is 1. The van der Waals surface area contributed by atoms with E-state index in [1.807, 2.05) is 18.2 Å². The highest BCUT2D eigenvalue weighted by Gasteiger charge is 2.43. The van der Waals surface area contributed by atoms with Crippen molar-refractivity contribution in [3.8, 4) is 0 Å². The number of nitrogens with one attached hydrogen (secondary N) is 1. The Morgan fingerprint density at radius 3 is 2.83 bits per heavy atom. The highest BCUT2D eigenvalue weighted by Crippen LogP contribution is 2.46. The van der Waals surface area contributed by atoms with E-state index in [1.165, 1.54) is 19.3 Å². The molecule has 2 aromatic rings. The Labute approximate surface area is 172 Å². The SMILES string of the molecule is COC1CCN(c2nc3c(C(=O)NC4CC5CCCC4C5C)cccc3o2)CC1. The van der Waals surface area contributed by atoms with Crippen LogP contribution in [0.5, 0.6) is 0 Å². The van der Waals surface area contributed by atoms with Gasteiger partial charge in [-0.25, -0.2) is 0 Å².